The van der Waals surface area contributed by atoms with E-state index in [0.717, 1.165) is 6.42 Å². The van der Waals surface area contributed by atoms with Crippen molar-refractivity contribution in [1.29, 1.82) is 0 Å². The van der Waals surface area contributed by atoms with Gasteiger partial charge in [-0.05, 0) is 17.5 Å². The van der Waals surface area contributed by atoms with Crippen molar-refractivity contribution in [2.24, 2.45) is 5.73 Å². The fraction of sp³-hybridized carbons (Fsp3) is 0.400. The predicted molar refractivity (Wildman–Crippen MR) is 47.9 cm³/mol. The van der Waals surface area contributed by atoms with Crippen LogP contribution in [0.4, 0.5) is 0 Å². The topological polar surface area (TPSA) is 35.2 Å². The molecule has 1 aliphatic carbocycles. The number of benzene rings is 1. The predicted octanol–water partition coefficient (Wildman–Crippen LogP) is 1.26. The van der Waals surface area contributed by atoms with Gasteiger partial charge in [-0.25, -0.2) is 0 Å². The molecule has 0 spiro atoms. The molecule has 0 aromatic heterocycles. The van der Waals surface area contributed by atoms with Crippen molar-refractivity contribution < 1.29 is 4.74 Å². The number of hydrogen-bond donors (Lipinski definition) is 1. The van der Waals surface area contributed by atoms with Crippen LogP contribution in [0.1, 0.15) is 17.2 Å². The number of fused-ring (bicyclic) bond motifs is 1. The fourth-order valence-electron chi connectivity index (χ4n) is 1.89. The largest absolute Gasteiger partial charge is 0.375 e. The van der Waals surface area contributed by atoms with Gasteiger partial charge in [0.25, 0.3) is 0 Å². The van der Waals surface area contributed by atoms with Crippen LogP contribution in [-0.2, 0) is 11.2 Å². The quantitative estimate of drug-likeness (QED) is 0.676. The number of hydrogen-bond acceptors (Lipinski definition) is 2. The molecule has 0 fully saturated rings. The first-order valence-corrected chi connectivity index (χ1v) is 4.19. The summed E-state index contributed by atoms with van der Waals surface area (Å²) in [7, 11) is 1.71. The third kappa shape index (κ3) is 1.04. The van der Waals surface area contributed by atoms with E-state index in [2.05, 4.69) is 12.1 Å². The van der Waals surface area contributed by atoms with Gasteiger partial charge >= 0.3 is 0 Å². The monoisotopic (exact) mass is 163 g/mol. The van der Waals surface area contributed by atoms with Crippen molar-refractivity contribution in [3.8, 4) is 0 Å². The van der Waals surface area contributed by atoms with Crippen LogP contribution >= 0.6 is 0 Å². The summed E-state index contributed by atoms with van der Waals surface area (Å²) in [6.07, 6.45) is 1.04. The molecule has 0 saturated carbocycles. The highest BCUT2D eigenvalue weighted by molar-refractivity contribution is 5.35. The Kier molecular flexibility index (Phi) is 1.87. The van der Waals surface area contributed by atoms with E-state index in [-0.39, 0.29) is 12.1 Å². The van der Waals surface area contributed by atoms with Crippen LogP contribution in [0, 0.1) is 0 Å². The van der Waals surface area contributed by atoms with Crippen LogP contribution in [0.15, 0.2) is 24.3 Å². The average molecular weight is 163 g/mol. The molecule has 1 aliphatic rings. The number of rotatable bonds is 1. The average Bonchev–Trinajstić information content (AvgIpc) is 2.40. The molecule has 0 amide bonds. The summed E-state index contributed by atoms with van der Waals surface area (Å²) in [6, 6.07) is 8.42. The zero-order valence-corrected chi connectivity index (χ0v) is 7.16. The Morgan fingerprint density at radius 2 is 2.17 bits per heavy atom. The lowest BCUT2D eigenvalue weighted by molar-refractivity contribution is 0.0903. The zero-order chi connectivity index (χ0) is 8.55. The van der Waals surface area contributed by atoms with Crippen molar-refractivity contribution in [2.75, 3.05) is 7.11 Å². The molecule has 2 N–H and O–H groups in total. The Hall–Kier alpha value is -0.860. The van der Waals surface area contributed by atoms with Gasteiger partial charge in [0.2, 0.25) is 0 Å². The molecular formula is C10H13NO. The number of nitrogens with two attached hydrogens (primary N) is 1. The van der Waals surface area contributed by atoms with Crippen molar-refractivity contribution in [2.45, 2.75) is 18.6 Å². The second-order valence-electron chi connectivity index (χ2n) is 3.22. The van der Waals surface area contributed by atoms with E-state index < -0.39 is 0 Å². The highest BCUT2D eigenvalue weighted by atomic mass is 16.5. The molecule has 0 radical (unpaired) electrons. The summed E-state index contributed by atoms with van der Waals surface area (Å²) in [5.41, 5.74) is 8.50. The van der Waals surface area contributed by atoms with E-state index in [1.807, 2.05) is 12.1 Å². The normalized spacial score (nSPS) is 27.2. The molecule has 64 valence electrons. The highest BCUT2D eigenvalue weighted by Crippen LogP contribution is 2.32. The molecule has 2 nitrogen and oxygen atoms in total. The Morgan fingerprint density at radius 3 is 2.92 bits per heavy atom. The summed E-state index contributed by atoms with van der Waals surface area (Å²) < 4.78 is 5.32. The summed E-state index contributed by atoms with van der Waals surface area (Å²) >= 11 is 0. The van der Waals surface area contributed by atoms with Crippen molar-refractivity contribution in [1.82, 2.24) is 0 Å². The van der Waals surface area contributed by atoms with Crippen molar-refractivity contribution >= 4 is 0 Å². The van der Waals surface area contributed by atoms with Gasteiger partial charge in [-0.1, -0.05) is 24.3 Å². The first-order valence-electron chi connectivity index (χ1n) is 4.19. The Morgan fingerprint density at radius 1 is 1.42 bits per heavy atom. The summed E-state index contributed by atoms with van der Waals surface area (Å²) in [5, 5.41) is 0. The molecule has 1 unspecified atom stereocenters. The summed E-state index contributed by atoms with van der Waals surface area (Å²) in [4.78, 5) is 0. The van der Waals surface area contributed by atoms with Crippen molar-refractivity contribution in [3.05, 3.63) is 35.4 Å². The third-order valence-electron chi connectivity index (χ3n) is 2.46. The summed E-state index contributed by atoms with van der Waals surface area (Å²) in [5.74, 6) is 0. The van der Waals surface area contributed by atoms with E-state index in [1.54, 1.807) is 7.11 Å². The van der Waals surface area contributed by atoms with Gasteiger partial charge in [0, 0.05) is 13.2 Å². The van der Waals surface area contributed by atoms with Crippen LogP contribution in [-0.4, -0.2) is 13.2 Å². The van der Waals surface area contributed by atoms with Crippen LogP contribution in [0.3, 0.4) is 0 Å². The van der Waals surface area contributed by atoms with Gasteiger partial charge in [-0.15, -0.1) is 0 Å². The minimum absolute atomic E-state index is 0.0983. The standard InChI is InChI=1S/C10H13NO/c1-12-10-8-5-3-2-4-7(8)6-9(10)11/h2-5,9-10H,6,11H2,1H3/t9?,10-/m0/s1. The van der Waals surface area contributed by atoms with Gasteiger partial charge in [0.05, 0.1) is 6.10 Å². The molecule has 0 aliphatic heterocycles. The molecule has 0 heterocycles. The van der Waals surface area contributed by atoms with Gasteiger partial charge in [-0.2, -0.15) is 0 Å². The Bertz CT molecular complexity index is 285. The summed E-state index contributed by atoms with van der Waals surface area (Å²) in [6.45, 7) is 0. The van der Waals surface area contributed by atoms with Gasteiger partial charge < -0.3 is 10.5 Å². The Balaban J connectivity index is 2.40. The van der Waals surface area contributed by atoms with Crippen LogP contribution < -0.4 is 5.73 Å². The van der Waals surface area contributed by atoms with Crippen LogP contribution in [0.2, 0.25) is 0 Å². The van der Waals surface area contributed by atoms with Gasteiger partial charge in [-0.3, -0.25) is 0 Å². The number of ether oxygens (including phenoxy) is 1. The van der Waals surface area contributed by atoms with Crippen LogP contribution in [0.5, 0.6) is 0 Å². The first-order chi connectivity index (χ1) is 5.83. The minimum atomic E-state index is 0.0983. The highest BCUT2D eigenvalue weighted by Gasteiger charge is 2.28. The molecule has 1 aromatic rings. The lowest BCUT2D eigenvalue weighted by Gasteiger charge is -2.13. The van der Waals surface area contributed by atoms with Crippen LogP contribution in [0.25, 0.3) is 0 Å². The second kappa shape index (κ2) is 2.88. The minimum Gasteiger partial charge on any atom is -0.375 e. The smallest absolute Gasteiger partial charge is 0.0977 e. The van der Waals surface area contributed by atoms with E-state index in [0.29, 0.717) is 0 Å². The fourth-order valence-corrected chi connectivity index (χ4v) is 1.89. The third-order valence-corrected chi connectivity index (χ3v) is 2.46. The van der Waals surface area contributed by atoms with E-state index >= 15 is 0 Å². The van der Waals surface area contributed by atoms with E-state index in [9.17, 15) is 0 Å². The molecule has 2 rings (SSSR count). The lowest BCUT2D eigenvalue weighted by atomic mass is 10.1. The lowest BCUT2D eigenvalue weighted by Crippen LogP contribution is -2.25. The molecule has 1 aromatic carbocycles. The SMILES string of the molecule is CO[C@H]1c2ccccc2CC1N. The van der Waals surface area contributed by atoms with Crippen molar-refractivity contribution in [3.63, 3.8) is 0 Å². The Labute approximate surface area is 72.3 Å². The van der Waals surface area contributed by atoms with Gasteiger partial charge in [0.1, 0.15) is 0 Å². The molecule has 12 heavy (non-hydrogen) atoms. The molecule has 0 saturated heterocycles. The van der Waals surface area contributed by atoms with Gasteiger partial charge in [0.15, 0.2) is 0 Å². The molecule has 0 bridgehead atoms. The maximum Gasteiger partial charge on any atom is 0.0977 e. The second-order valence-corrected chi connectivity index (χ2v) is 3.22. The molecule has 2 heteroatoms. The molecular weight excluding hydrogens is 150 g/mol. The first kappa shape index (κ1) is 7.77. The van der Waals surface area contributed by atoms with E-state index in [1.165, 1.54) is 11.1 Å². The maximum atomic E-state index is 5.91. The zero-order valence-electron chi connectivity index (χ0n) is 7.16. The van der Waals surface area contributed by atoms with E-state index in [4.69, 9.17) is 10.5 Å². The number of methoxy groups -OCH3 is 1. The maximum absolute atomic E-state index is 5.91. The molecule has 2 atom stereocenters.